The summed E-state index contributed by atoms with van der Waals surface area (Å²) in [5, 5.41) is 15.3. The molecule has 0 spiro atoms. The molecule has 0 radical (unpaired) electrons. The van der Waals surface area contributed by atoms with E-state index in [4.69, 9.17) is 0 Å². The first-order chi connectivity index (χ1) is 13.6. The molecule has 1 N–H and O–H groups in total. The van der Waals surface area contributed by atoms with Gasteiger partial charge >= 0.3 is 0 Å². The van der Waals surface area contributed by atoms with E-state index in [9.17, 15) is 9.18 Å². The number of nitrogens with zero attached hydrogens (tertiary/aromatic N) is 5. The van der Waals surface area contributed by atoms with Crippen molar-refractivity contribution in [3.05, 3.63) is 41.5 Å². The highest BCUT2D eigenvalue weighted by molar-refractivity contribution is 5.85. The predicted molar refractivity (Wildman–Crippen MR) is 109 cm³/mol. The molecule has 1 atom stereocenters. The zero-order valence-electron chi connectivity index (χ0n) is 16.6. The van der Waals surface area contributed by atoms with E-state index >= 15 is 0 Å². The van der Waals surface area contributed by atoms with Crippen molar-refractivity contribution in [1.29, 1.82) is 0 Å². The summed E-state index contributed by atoms with van der Waals surface area (Å²) in [5.41, 5.74) is 0.759. The minimum atomic E-state index is -0.562. The second-order valence-corrected chi connectivity index (χ2v) is 7.97. The largest absolute Gasteiger partial charge is 0.341 e. The van der Waals surface area contributed by atoms with Gasteiger partial charge in [-0.3, -0.25) is 4.79 Å². The summed E-state index contributed by atoms with van der Waals surface area (Å²) in [5.74, 6) is 1.13. The van der Waals surface area contributed by atoms with Crippen LogP contribution in [0.15, 0.2) is 24.3 Å². The van der Waals surface area contributed by atoms with Gasteiger partial charge in [-0.1, -0.05) is 12.1 Å². The second kappa shape index (κ2) is 9.63. The van der Waals surface area contributed by atoms with Crippen LogP contribution in [0.5, 0.6) is 0 Å². The lowest BCUT2D eigenvalue weighted by molar-refractivity contribution is -0.136. The van der Waals surface area contributed by atoms with Gasteiger partial charge in [-0.05, 0) is 73.2 Å². The summed E-state index contributed by atoms with van der Waals surface area (Å²) in [7, 11) is 0. The van der Waals surface area contributed by atoms with Crippen molar-refractivity contribution >= 4 is 18.3 Å². The van der Waals surface area contributed by atoms with E-state index < -0.39 is 6.04 Å². The maximum atomic E-state index is 13.6. The SMILES string of the molecule is Cc1nnnn1C(Cc1cccc(F)c1)C(=O)N1CCC(NCC2CC2)CC1.Cl. The average molecular weight is 423 g/mol. The van der Waals surface area contributed by atoms with Crippen molar-refractivity contribution in [2.24, 2.45) is 5.92 Å². The number of hydrogen-bond donors (Lipinski definition) is 1. The van der Waals surface area contributed by atoms with Gasteiger partial charge in [-0.2, -0.15) is 0 Å². The number of rotatable bonds is 7. The number of benzene rings is 1. The number of tetrazole rings is 1. The second-order valence-electron chi connectivity index (χ2n) is 7.97. The van der Waals surface area contributed by atoms with E-state index in [1.165, 1.54) is 25.0 Å². The van der Waals surface area contributed by atoms with Crippen LogP contribution in [0.3, 0.4) is 0 Å². The molecule has 29 heavy (non-hydrogen) atoms. The first-order valence-electron chi connectivity index (χ1n) is 10.1. The summed E-state index contributed by atoms with van der Waals surface area (Å²) < 4.78 is 15.2. The third kappa shape index (κ3) is 5.51. The molecular formula is C20H28ClFN6O. The van der Waals surface area contributed by atoms with Crippen LogP contribution in [0.2, 0.25) is 0 Å². The number of halogens is 2. The molecule has 7 nitrogen and oxygen atoms in total. The summed E-state index contributed by atoms with van der Waals surface area (Å²) in [6, 6.07) is 6.29. The number of nitrogens with one attached hydrogen (secondary N) is 1. The lowest BCUT2D eigenvalue weighted by Crippen LogP contribution is -2.48. The Hall–Kier alpha value is -2.06. The van der Waals surface area contributed by atoms with Crippen LogP contribution >= 0.6 is 12.4 Å². The lowest BCUT2D eigenvalue weighted by atomic mass is 10.0. The fourth-order valence-corrected chi connectivity index (χ4v) is 3.86. The Balaban J connectivity index is 0.00000240. The Kier molecular flexibility index (Phi) is 7.18. The molecule has 2 aromatic rings. The molecule has 1 saturated carbocycles. The Bertz CT molecular complexity index is 819. The first kappa shape index (κ1) is 21.6. The van der Waals surface area contributed by atoms with Gasteiger partial charge in [0.05, 0.1) is 0 Å². The van der Waals surface area contributed by atoms with Crippen LogP contribution < -0.4 is 5.32 Å². The summed E-state index contributed by atoms with van der Waals surface area (Å²) in [6.07, 6.45) is 4.97. The van der Waals surface area contributed by atoms with Crippen LogP contribution in [-0.2, 0) is 11.2 Å². The van der Waals surface area contributed by atoms with Gasteiger partial charge in [0, 0.05) is 25.6 Å². The number of piperidine rings is 1. The van der Waals surface area contributed by atoms with Gasteiger partial charge < -0.3 is 10.2 Å². The molecule has 1 unspecified atom stereocenters. The minimum Gasteiger partial charge on any atom is -0.341 e. The van der Waals surface area contributed by atoms with Crippen molar-refractivity contribution in [2.75, 3.05) is 19.6 Å². The topological polar surface area (TPSA) is 75.9 Å². The van der Waals surface area contributed by atoms with Crippen molar-refractivity contribution in [3.63, 3.8) is 0 Å². The Morgan fingerprint density at radius 3 is 2.66 bits per heavy atom. The minimum absolute atomic E-state index is 0. The van der Waals surface area contributed by atoms with E-state index in [0.717, 1.165) is 44.0 Å². The molecule has 4 rings (SSSR count). The third-order valence-electron chi connectivity index (χ3n) is 5.75. The van der Waals surface area contributed by atoms with Gasteiger partial charge in [0.15, 0.2) is 0 Å². The van der Waals surface area contributed by atoms with Crippen LogP contribution in [0.1, 0.15) is 43.1 Å². The highest BCUT2D eigenvalue weighted by Gasteiger charge is 2.32. The van der Waals surface area contributed by atoms with E-state index in [1.807, 2.05) is 11.0 Å². The van der Waals surface area contributed by atoms with Gasteiger partial charge in [0.25, 0.3) is 0 Å². The standard InChI is InChI=1S/C20H27FN6O.ClH/c1-14-23-24-25-27(14)19(12-16-3-2-4-17(21)11-16)20(28)26-9-7-18(8-10-26)22-13-15-5-6-15;/h2-4,11,15,18-19,22H,5-10,12-13H2,1H3;1H. The van der Waals surface area contributed by atoms with Crippen molar-refractivity contribution in [1.82, 2.24) is 30.4 Å². The zero-order chi connectivity index (χ0) is 19.5. The van der Waals surface area contributed by atoms with Crippen LogP contribution in [0, 0.1) is 18.7 Å². The van der Waals surface area contributed by atoms with E-state index in [-0.39, 0.29) is 24.1 Å². The maximum Gasteiger partial charge on any atom is 0.247 e. The Morgan fingerprint density at radius 1 is 1.28 bits per heavy atom. The summed E-state index contributed by atoms with van der Waals surface area (Å²) in [6.45, 7) is 4.33. The Labute approximate surface area is 176 Å². The molecule has 1 saturated heterocycles. The molecule has 2 aliphatic rings. The fourth-order valence-electron chi connectivity index (χ4n) is 3.86. The molecule has 1 aliphatic heterocycles. The smallest absolute Gasteiger partial charge is 0.247 e. The molecule has 158 valence electrons. The van der Waals surface area contributed by atoms with Crippen LogP contribution in [0.25, 0.3) is 0 Å². The third-order valence-corrected chi connectivity index (χ3v) is 5.75. The van der Waals surface area contributed by atoms with Crippen molar-refractivity contribution in [2.45, 2.75) is 51.1 Å². The molecule has 1 aromatic heterocycles. The predicted octanol–water partition coefficient (Wildman–Crippen LogP) is 2.32. The number of likely N-dealkylation sites (tertiary alicyclic amines) is 1. The highest BCUT2D eigenvalue weighted by atomic mass is 35.5. The number of carbonyl (C=O) groups is 1. The maximum absolute atomic E-state index is 13.6. The highest BCUT2D eigenvalue weighted by Crippen LogP contribution is 2.28. The van der Waals surface area contributed by atoms with Crippen molar-refractivity contribution < 1.29 is 9.18 Å². The quantitative estimate of drug-likeness (QED) is 0.741. The average Bonchev–Trinajstić information content (AvgIpc) is 3.44. The molecule has 2 heterocycles. The molecule has 2 fully saturated rings. The number of aromatic nitrogens is 4. The Morgan fingerprint density at radius 2 is 2.03 bits per heavy atom. The van der Waals surface area contributed by atoms with Crippen molar-refractivity contribution in [3.8, 4) is 0 Å². The summed E-state index contributed by atoms with van der Waals surface area (Å²) in [4.78, 5) is 15.2. The molecule has 1 amide bonds. The molecule has 1 aliphatic carbocycles. The van der Waals surface area contributed by atoms with Gasteiger partial charge in [0.2, 0.25) is 5.91 Å². The van der Waals surface area contributed by atoms with Gasteiger partial charge in [-0.15, -0.1) is 17.5 Å². The number of hydrogen-bond acceptors (Lipinski definition) is 5. The van der Waals surface area contributed by atoms with Gasteiger partial charge in [0.1, 0.15) is 17.7 Å². The van der Waals surface area contributed by atoms with E-state index in [0.29, 0.717) is 18.3 Å². The fraction of sp³-hybridized carbons (Fsp3) is 0.600. The molecular weight excluding hydrogens is 395 g/mol. The zero-order valence-corrected chi connectivity index (χ0v) is 17.4. The normalized spacial score (nSPS) is 18.3. The van der Waals surface area contributed by atoms with Crippen LogP contribution in [0.4, 0.5) is 4.39 Å². The summed E-state index contributed by atoms with van der Waals surface area (Å²) >= 11 is 0. The van der Waals surface area contributed by atoms with E-state index in [1.54, 1.807) is 17.7 Å². The number of amides is 1. The first-order valence-corrected chi connectivity index (χ1v) is 10.1. The van der Waals surface area contributed by atoms with Crippen LogP contribution in [-0.4, -0.2) is 56.7 Å². The monoisotopic (exact) mass is 422 g/mol. The lowest BCUT2D eigenvalue weighted by Gasteiger charge is -2.34. The number of carbonyl (C=O) groups excluding carboxylic acids is 1. The van der Waals surface area contributed by atoms with Gasteiger partial charge in [-0.25, -0.2) is 9.07 Å². The molecule has 1 aromatic carbocycles. The molecule has 9 heteroatoms. The molecule has 0 bridgehead atoms. The van der Waals surface area contributed by atoms with E-state index in [2.05, 4.69) is 20.8 Å². The number of aryl methyl sites for hydroxylation is 1.